The van der Waals surface area contributed by atoms with E-state index in [2.05, 4.69) is 209 Å². The fourth-order valence-corrected chi connectivity index (χ4v) is 12.3. The van der Waals surface area contributed by atoms with Crippen LogP contribution in [0.15, 0.2) is 24.3 Å². The van der Waals surface area contributed by atoms with Gasteiger partial charge in [0.2, 0.25) is 35.4 Å². The molecule has 0 unspecified atom stereocenters. The minimum Gasteiger partial charge on any atom is -0.380 e. The summed E-state index contributed by atoms with van der Waals surface area (Å²) in [5, 5.41) is 18.7. The summed E-state index contributed by atoms with van der Waals surface area (Å²) in [6.07, 6.45) is 22.3. The van der Waals surface area contributed by atoms with Crippen LogP contribution >= 0.6 is 0 Å². The number of carbonyl (C=O) groups is 6. The highest BCUT2D eigenvalue weighted by Gasteiger charge is 2.37. The lowest BCUT2D eigenvalue weighted by Crippen LogP contribution is -2.44. The Morgan fingerprint density at radius 2 is 0.528 bits per heavy atom. The molecule has 0 aliphatic rings. The molecule has 0 saturated carbocycles. The minimum atomic E-state index is -0.500. The summed E-state index contributed by atoms with van der Waals surface area (Å²) in [6.45, 7) is 79.6. The van der Waals surface area contributed by atoms with Crippen molar-refractivity contribution >= 4 is 35.4 Å². The second kappa shape index (κ2) is 42.7. The average molecular weight is 1500 g/mol. The van der Waals surface area contributed by atoms with E-state index >= 15 is 0 Å². The summed E-state index contributed by atoms with van der Waals surface area (Å²) in [5.74, 6) is -0.241. The Kier molecular flexibility index (Phi) is 41.1. The number of ether oxygens (including phenoxy) is 4. The van der Waals surface area contributed by atoms with Gasteiger partial charge in [0.05, 0.1) is 52.9 Å². The lowest BCUT2D eigenvalue weighted by atomic mass is 9.72. The topological polar surface area (TPSA) is 212 Å². The minimum absolute atomic E-state index is 0.0574. The molecular weight excluding hydrogens is 1330 g/mol. The van der Waals surface area contributed by atoms with Gasteiger partial charge in [-0.05, 0) is 108 Å². The molecule has 0 aromatic carbocycles. The Balaban J connectivity index is 4.68. The lowest BCUT2D eigenvalue weighted by molar-refractivity contribution is -0.131. The van der Waals surface area contributed by atoms with Gasteiger partial charge in [0.15, 0.2) is 0 Å². The number of hydrogen-bond acceptors (Lipinski definition) is 10. The molecule has 0 spiro atoms. The fraction of sp³-hybridized carbons (Fsp3) is 0.889. The number of rotatable bonds is 57. The van der Waals surface area contributed by atoms with E-state index in [9.17, 15) is 28.8 Å². The molecule has 16 nitrogen and oxygen atoms in total. The van der Waals surface area contributed by atoms with Gasteiger partial charge >= 0.3 is 0 Å². The van der Waals surface area contributed by atoms with Crippen LogP contribution in [0, 0.1) is 86.6 Å². The molecule has 0 saturated heterocycles. The molecule has 0 aliphatic carbocycles. The van der Waals surface area contributed by atoms with Crippen molar-refractivity contribution in [2.75, 3.05) is 92.1 Å². The number of hydrogen-bond donors (Lipinski definition) is 6. The van der Waals surface area contributed by atoms with Crippen molar-refractivity contribution in [2.45, 2.75) is 338 Å². The second-order valence-electron chi connectivity index (χ2n) is 45.0. The van der Waals surface area contributed by atoms with Crippen molar-refractivity contribution in [3.63, 3.8) is 0 Å². The first-order chi connectivity index (χ1) is 47.6. The Hall–Kier alpha value is -3.86. The molecule has 0 radical (unpaired) electrons. The summed E-state index contributed by atoms with van der Waals surface area (Å²) in [7, 11) is 0. The van der Waals surface area contributed by atoms with Gasteiger partial charge in [0.25, 0.3) is 0 Å². The van der Waals surface area contributed by atoms with Gasteiger partial charge in [-0.15, -0.1) is 0 Å². The number of amides is 6. The maximum Gasteiger partial charge on any atom is 0.225 e. The molecule has 0 aromatic rings. The lowest BCUT2D eigenvalue weighted by Gasteiger charge is -2.33. The molecule has 106 heavy (non-hydrogen) atoms. The molecule has 0 heterocycles. The number of allylic oxidation sites excluding steroid dienone is 4. The van der Waals surface area contributed by atoms with Gasteiger partial charge < -0.3 is 50.8 Å². The van der Waals surface area contributed by atoms with Crippen molar-refractivity contribution in [2.24, 2.45) is 86.6 Å². The molecule has 0 fully saturated rings. The molecule has 622 valence electrons. The standard InChI is InChI=1S/C90H172N6O10/c1-35-75(3,4)46-47-77(7,8)42-38-43-78(9,10)48-50-89(31,32)73(101)95-59-87(27,28)67-105-65-85(23,24)57-93-71(99)52-81(15,16)61-103-63-83(19,20)55-91-69(97)40-37-41-70(98)92-56-84(21,22)64-104-62-82(17,18)53-72(100)94-58-86(25,26)66-106-68-88(29,30)60-96-74(102)90(33,34)51-49-79(11,12)44-39-45-80(13,14)54-76(5,6)36-2/h38-39,42,45H,35-37,40-41,43-44,46-68H2,1-34H3,(H,91,97)(H,92,98)(H,93,99)(H,94,100)(H,95,101)(H,96,102)/b42-38-,45-39-. The molecule has 0 aromatic heterocycles. The Bertz CT molecular complexity index is 2720. The van der Waals surface area contributed by atoms with Crippen LogP contribution in [0.5, 0.6) is 0 Å². The van der Waals surface area contributed by atoms with Crippen molar-refractivity contribution in [3.8, 4) is 0 Å². The Labute approximate surface area is 653 Å². The van der Waals surface area contributed by atoms with Crippen LogP contribution in [0.1, 0.15) is 338 Å². The molecule has 0 atom stereocenters. The van der Waals surface area contributed by atoms with Gasteiger partial charge in [-0.3, -0.25) is 28.8 Å². The summed E-state index contributed by atoms with van der Waals surface area (Å²) in [4.78, 5) is 79.4. The van der Waals surface area contributed by atoms with Gasteiger partial charge in [0.1, 0.15) is 0 Å². The second-order valence-corrected chi connectivity index (χ2v) is 45.0. The van der Waals surface area contributed by atoms with Gasteiger partial charge in [-0.1, -0.05) is 273 Å². The van der Waals surface area contributed by atoms with E-state index in [0.717, 1.165) is 51.4 Å². The van der Waals surface area contributed by atoms with E-state index in [1.54, 1.807) is 0 Å². The molecule has 6 N–H and O–H groups in total. The summed E-state index contributed by atoms with van der Waals surface area (Å²) >= 11 is 0. The number of carbonyl (C=O) groups excluding carboxylic acids is 6. The molecule has 16 heteroatoms. The monoisotopic (exact) mass is 1500 g/mol. The Morgan fingerprint density at radius 3 is 0.821 bits per heavy atom. The van der Waals surface area contributed by atoms with Crippen LogP contribution < -0.4 is 31.9 Å². The van der Waals surface area contributed by atoms with Crippen molar-refractivity contribution in [3.05, 3.63) is 24.3 Å². The zero-order chi connectivity index (χ0) is 82.6. The number of nitrogens with one attached hydrogen (secondary N) is 6. The predicted octanol–water partition coefficient (Wildman–Crippen LogP) is 19.6. The Morgan fingerprint density at radius 1 is 0.274 bits per heavy atom. The first-order valence-corrected chi connectivity index (χ1v) is 40.9. The zero-order valence-electron chi connectivity index (χ0n) is 75.6. The van der Waals surface area contributed by atoms with Crippen LogP contribution in [0.2, 0.25) is 0 Å². The molecule has 0 rings (SSSR count). The predicted molar refractivity (Wildman–Crippen MR) is 445 cm³/mol. The molecular formula is C90H172N6O10. The first kappa shape index (κ1) is 102. The summed E-state index contributed by atoms with van der Waals surface area (Å²) < 4.78 is 24.8. The van der Waals surface area contributed by atoms with Crippen LogP contribution in [-0.4, -0.2) is 128 Å². The van der Waals surface area contributed by atoms with Gasteiger partial charge in [0, 0.05) is 108 Å². The van der Waals surface area contributed by atoms with E-state index in [1.165, 1.54) is 19.3 Å². The van der Waals surface area contributed by atoms with E-state index in [0.29, 0.717) is 109 Å². The van der Waals surface area contributed by atoms with Crippen LogP contribution in [-0.2, 0) is 47.7 Å². The third-order valence-electron chi connectivity index (χ3n) is 21.4. The molecule has 0 bridgehead atoms. The van der Waals surface area contributed by atoms with E-state index in [4.69, 9.17) is 18.9 Å². The van der Waals surface area contributed by atoms with Crippen LogP contribution in [0.25, 0.3) is 0 Å². The average Bonchev–Trinajstić information content (AvgIpc) is 0.853. The van der Waals surface area contributed by atoms with Crippen molar-refractivity contribution in [1.82, 2.24) is 31.9 Å². The third kappa shape index (κ3) is 49.4. The fourth-order valence-electron chi connectivity index (χ4n) is 12.3. The maximum absolute atomic E-state index is 13.5. The maximum atomic E-state index is 13.5. The van der Waals surface area contributed by atoms with Crippen LogP contribution in [0.3, 0.4) is 0 Å². The smallest absolute Gasteiger partial charge is 0.225 e. The first-order valence-electron chi connectivity index (χ1n) is 40.9. The highest BCUT2D eigenvalue weighted by molar-refractivity contribution is 5.82. The molecule has 6 amide bonds. The highest BCUT2D eigenvalue weighted by atomic mass is 16.5. The van der Waals surface area contributed by atoms with Gasteiger partial charge in [-0.25, -0.2) is 0 Å². The largest absolute Gasteiger partial charge is 0.380 e. The zero-order valence-corrected chi connectivity index (χ0v) is 75.6. The van der Waals surface area contributed by atoms with E-state index in [-0.39, 0.29) is 115 Å². The third-order valence-corrected chi connectivity index (χ3v) is 21.4. The highest BCUT2D eigenvalue weighted by Crippen LogP contribution is 2.41. The summed E-state index contributed by atoms with van der Waals surface area (Å²) in [5.41, 5.74) is -2.63. The SMILES string of the molecule is CCC(C)(C)CCC(C)(C)/C=C\CC(C)(C)CCC(C)(C)C(=O)NCC(C)(C)COCC(C)(C)CNC(=O)CC(C)(C)COCC(C)(C)CNC(=O)CCCC(=O)NCC(C)(C)COCC(C)(C)CC(=O)NCC(C)(C)COCC(C)(C)CNC(=O)C(C)(C)CCC(C)(C)C/C=C\C(C)(C)CC(C)(C)CC. The van der Waals surface area contributed by atoms with Gasteiger partial charge in [-0.2, -0.15) is 0 Å². The van der Waals surface area contributed by atoms with Crippen molar-refractivity contribution in [1.29, 1.82) is 0 Å². The van der Waals surface area contributed by atoms with E-state index < -0.39 is 21.7 Å². The summed E-state index contributed by atoms with van der Waals surface area (Å²) in [6, 6.07) is 0. The quantitative estimate of drug-likeness (QED) is 0.0317. The van der Waals surface area contributed by atoms with E-state index in [1.807, 2.05) is 83.1 Å². The van der Waals surface area contributed by atoms with Crippen molar-refractivity contribution < 1.29 is 47.7 Å². The molecule has 0 aliphatic heterocycles. The normalized spacial score (nSPS) is 14.2. The van der Waals surface area contributed by atoms with Crippen LogP contribution in [0.4, 0.5) is 0 Å².